The highest BCUT2D eigenvalue weighted by Crippen LogP contribution is 2.21. The standard InChI is InChI=1S/C28H32N6OS/c1-20-6-11-25(17-26(20)32-28(36)30-21(2)24-5-4-12-29-18-24)31-27(35)23-9-7-22(8-10-23)19-34-15-13-33(3)14-16-34/h4-12,17-18H,2,13-16,19H2,1,3H3,(H,31,35)(H2,30,32,36). The number of pyridine rings is 1. The Balaban J connectivity index is 1.34. The number of piperazine rings is 1. The minimum absolute atomic E-state index is 0.151. The lowest BCUT2D eigenvalue weighted by atomic mass is 10.1. The molecular formula is C28H32N6OS. The molecule has 1 fully saturated rings. The van der Waals surface area contributed by atoms with Crippen molar-refractivity contribution in [2.75, 3.05) is 43.9 Å². The number of anilines is 2. The fourth-order valence-corrected chi connectivity index (χ4v) is 4.20. The van der Waals surface area contributed by atoms with Gasteiger partial charge in [-0.1, -0.05) is 24.8 Å². The van der Waals surface area contributed by atoms with E-state index in [9.17, 15) is 4.79 Å². The van der Waals surface area contributed by atoms with Crippen LogP contribution in [0.15, 0.2) is 73.6 Å². The number of rotatable bonds is 7. The van der Waals surface area contributed by atoms with Crippen LogP contribution in [-0.4, -0.2) is 59.0 Å². The molecule has 0 bridgehead atoms. The summed E-state index contributed by atoms with van der Waals surface area (Å²) in [6.45, 7) is 11.2. The minimum atomic E-state index is -0.151. The molecule has 1 aromatic heterocycles. The van der Waals surface area contributed by atoms with Crippen molar-refractivity contribution >= 4 is 40.3 Å². The molecule has 0 unspecified atom stereocenters. The van der Waals surface area contributed by atoms with Crippen molar-refractivity contribution in [3.8, 4) is 0 Å². The molecule has 3 N–H and O–H groups in total. The zero-order chi connectivity index (χ0) is 25.5. The van der Waals surface area contributed by atoms with E-state index in [0.29, 0.717) is 22.1 Å². The number of aryl methyl sites for hydroxylation is 1. The number of carbonyl (C=O) groups is 1. The van der Waals surface area contributed by atoms with Crippen LogP contribution in [-0.2, 0) is 6.54 Å². The van der Waals surface area contributed by atoms with Crippen molar-refractivity contribution < 1.29 is 4.79 Å². The predicted octanol–water partition coefficient (Wildman–Crippen LogP) is 4.35. The van der Waals surface area contributed by atoms with E-state index in [2.05, 4.69) is 44.4 Å². The minimum Gasteiger partial charge on any atom is -0.332 e. The molecule has 186 valence electrons. The summed E-state index contributed by atoms with van der Waals surface area (Å²) in [5, 5.41) is 9.68. The number of amides is 1. The quantitative estimate of drug-likeness (QED) is 0.417. The number of aromatic nitrogens is 1. The van der Waals surface area contributed by atoms with Crippen molar-refractivity contribution in [2.45, 2.75) is 13.5 Å². The topological polar surface area (TPSA) is 72.5 Å². The van der Waals surface area contributed by atoms with Crippen molar-refractivity contribution in [2.24, 2.45) is 0 Å². The van der Waals surface area contributed by atoms with Crippen LogP contribution in [0.2, 0.25) is 0 Å². The van der Waals surface area contributed by atoms with Crippen molar-refractivity contribution in [1.29, 1.82) is 0 Å². The second-order valence-corrected chi connectivity index (χ2v) is 9.47. The van der Waals surface area contributed by atoms with Gasteiger partial charge in [0.15, 0.2) is 5.11 Å². The second-order valence-electron chi connectivity index (χ2n) is 9.06. The number of thiocarbonyl (C=S) groups is 1. The lowest BCUT2D eigenvalue weighted by molar-refractivity contribution is 0.102. The van der Waals surface area contributed by atoms with Gasteiger partial charge in [-0.3, -0.25) is 14.7 Å². The summed E-state index contributed by atoms with van der Waals surface area (Å²) in [7, 11) is 2.16. The number of benzene rings is 2. The average molecular weight is 501 g/mol. The first-order valence-corrected chi connectivity index (χ1v) is 12.4. The van der Waals surface area contributed by atoms with Gasteiger partial charge in [0.2, 0.25) is 0 Å². The van der Waals surface area contributed by atoms with Crippen LogP contribution < -0.4 is 16.0 Å². The molecule has 8 heteroatoms. The van der Waals surface area contributed by atoms with Crippen LogP contribution in [0.1, 0.15) is 27.0 Å². The molecule has 36 heavy (non-hydrogen) atoms. The Morgan fingerprint density at radius 2 is 1.78 bits per heavy atom. The van der Waals surface area contributed by atoms with Crippen LogP contribution in [0.3, 0.4) is 0 Å². The third-order valence-electron chi connectivity index (χ3n) is 6.24. The molecule has 1 saturated heterocycles. The number of hydrogen-bond donors (Lipinski definition) is 3. The molecule has 1 aliphatic heterocycles. The smallest absolute Gasteiger partial charge is 0.255 e. The summed E-state index contributed by atoms with van der Waals surface area (Å²) in [6, 6.07) is 17.3. The largest absolute Gasteiger partial charge is 0.332 e. The van der Waals surface area contributed by atoms with Gasteiger partial charge in [0.05, 0.1) is 0 Å². The molecule has 2 aromatic carbocycles. The molecule has 1 aliphatic rings. The van der Waals surface area contributed by atoms with E-state index in [1.54, 1.807) is 12.4 Å². The van der Waals surface area contributed by atoms with E-state index in [-0.39, 0.29) is 5.91 Å². The van der Waals surface area contributed by atoms with Gasteiger partial charge in [0.1, 0.15) is 0 Å². The van der Waals surface area contributed by atoms with E-state index in [1.807, 2.05) is 61.5 Å². The molecule has 2 heterocycles. The Hall–Kier alpha value is -3.59. The van der Waals surface area contributed by atoms with Crippen molar-refractivity contribution in [1.82, 2.24) is 20.1 Å². The van der Waals surface area contributed by atoms with Gasteiger partial charge in [-0.15, -0.1) is 0 Å². The first kappa shape index (κ1) is 25.5. The average Bonchev–Trinajstić information content (AvgIpc) is 2.88. The van der Waals surface area contributed by atoms with Gasteiger partial charge < -0.3 is 20.9 Å². The number of nitrogens with one attached hydrogen (secondary N) is 3. The van der Waals surface area contributed by atoms with Crippen LogP contribution in [0, 0.1) is 6.92 Å². The molecular weight excluding hydrogens is 468 g/mol. The predicted molar refractivity (Wildman–Crippen MR) is 151 cm³/mol. The maximum Gasteiger partial charge on any atom is 0.255 e. The third-order valence-corrected chi connectivity index (χ3v) is 6.44. The monoisotopic (exact) mass is 500 g/mol. The molecule has 7 nitrogen and oxygen atoms in total. The summed E-state index contributed by atoms with van der Waals surface area (Å²) in [6.07, 6.45) is 3.43. The van der Waals surface area contributed by atoms with E-state index in [1.165, 1.54) is 5.56 Å². The molecule has 0 radical (unpaired) electrons. The van der Waals surface area contributed by atoms with E-state index < -0.39 is 0 Å². The Kier molecular flexibility index (Phi) is 8.43. The van der Waals surface area contributed by atoms with Gasteiger partial charge in [-0.05, 0) is 73.7 Å². The first-order chi connectivity index (χ1) is 17.4. The maximum absolute atomic E-state index is 12.9. The van der Waals surface area contributed by atoms with E-state index in [0.717, 1.165) is 49.5 Å². The van der Waals surface area contributed by atoms with Crippen molar-refractivity contribution in [3.05, 3.63) is 95.8 Å². The number of hydrogen-bond acceptors (Lipinski definition) is 5. The number of nitrogens with zero attached hydrogens (tertiary/aromatic N) is 3. The molecule has 0 saturated carbocycles. The lowest BCUT2D eigenvalue weighted by Crippen LogP contribution is -2.43. The summed E-state index contributed by atoms with van der Waals surface area (Å²) < 4.78 is 0. The van der Waals surface area contributed by atoms with E-state index in [4.69, 9.17) is 12.2 Å². The van der Waals surface area contributed by atoms with Crippen LogP contribution >= 0.6 is 12.2 Å². The lowest BCUT2D eigenvalue weighted by Gasteiger charge is -2.32. The fourth-order valence-electron chi connectivity index (χ4n) is 3.97. The van der Waals surface area contributed by atoms with Crippen LogP contribution in [0.25, 0.3) is 5.70 Å². The normalized spacial score (nSPS) is 14.2. The van der Waals surface area contributed by atoms with Crippen LogP contribution in [0.5, 0.6) is 0 Å². The highest BCUT2D eigenvalue weighted by Gasteiger charge is 2.14. The summed E-state index contributed by atoms with van der Waals surface area (Å²) in [5.41, 5.74) is 5.82. The third kappa shape index (κ3) is 6.97. The Morgan fingerprint density at radius 3 is 2.47 bits per heavy atom. The van der Waals surface area contributed by atoms with E-state index >= 15 is 0 Å². The molecule has 0 aliphatic carbocycles. The van der Waals surface area contributed by atoms with Gasteiger partial charge in [0, 0.05) is 73.3 Å². The zero-order valence-corrected chi connectivity index (χ0v) is 21.6. The maximum atomic E-state index is 12.9. The highest BCUT2D eigenvalue weighted by molar-refractivity contribution is 7.80. The van der Waals surface area contributed by atoms with Gasteiger partial charge >= 0.3 is 0 Å². The zero-order valence-electron chi connectivity index (χ0n) is 20.8. The number of likely N-dealkylation sites (N-methyl/N-ethyl adjacent to an activating group) is 1. The van der Waals surface area contributed by atoms with Gasteiger partial charge in [-0.2, -0.15) is 0 Å². The summed E-state index contributed by atoms with van der Waals surface area (Å²) in [4.78, 5) is 21.8. The Bertz CT molecular complexity index is 1220. The number of carbonyl (C=O) groups excluding carboxylic acids is 1. The second kappa shape index (κ2) is 11.9. The summed E-state index contributed by atoms with van der Waals surface area (Å²) >= 11 is 5.46. The van der Waals surface area contributed by atoms with Gasteiger partial charge in [0.25, 0.3) is 5.91 Å². The highest BCUT2D eigenvalue weighted by atomic mass is 32.1. The van der Waals surface area contributed by atoms with Gasteiger partial charge in [-0.25, -0.2) is 0 Å². The molecule has 1 amide bonds. The first-order valence-electron chi connectivity index (χ1n) is 12.0. The van der Waals surface area contributed by atoms with Crippen LogP contribution in [0.4, 0.5) is 11.4 Å². The summed E-state index contributed by atoms with van der Waals surface area (Å²) in [5.74, 6) is -0.151. The van der Waals surface area contributed by atoms with Crippen molar-refractivity contribution in [3.63, 3.8) is 0 Å². The Morgan fingerprint density at radius 1 is 1.03 bits per heavy atom. The fraction of sp³-hybridized carbons (Fsp3) is 0.250. The molecule has 3 aromatic rings. The SMILES string of the molecule is C=C(NC(=S)Nc1cc(NC(=O)c2ccc(CN3CCN(C)CC3)cc2)ccc1C)c1cccnc1. The Labute approximate surface area is 218 Å². The molecule has 0 spiro atoms. The molecule has 4 rings (SSSR count). The molecule has 0 atom stereocenters.